The highest BCUT2D eigenvalue weighted by atomic mass is 16.2. The molecule has 1 aliphatic rings. The average Bonchev–Trinajstić information content (AvgIpc) is 3.36. The van der Waals surface area contributed by atoms with Crippen molar-refractivity contribution in [3.8, 4) is 0 Å². The molecule has 3 aromatic rings. The van der Waals surface area contributed by atoms with Gasteiger partial charge in [-0.2, -0.15) is 4.52 Å². The number of fused-ring (bicyclic) bond motifs is 3. The van der Waals surface area contributed by atoms with Crippen LogP contribution in [0.4, 0.5) is 4.79 Å². The quantitative estimate of drug-likeness (QED) is 0.581. The van der Waals surface area contributed by atoms with E-state index in [2.05, 4.69) is 58.4 Å². The summed E-state index contributed by atoms with van der Waals surface area (Å²) in [7, 11) is 0. The highest BCUT2D eigenvalue weighted by Crippen LogP contribution is 2.28. The summed E-state index contributed by atoms with van der Waals surface area (Å²) in [6.45, 7) is 11.1. The average molecular weight is 441 g/mol. The van der Waals surface area contributed by atoms with Crippen LogP contribution in [0.25, 0.3) is 16.7 Å². The molecule has 1 saturated carbocycles. The second kappa shape index (κ2) is 9.03. The van der Waals surface area contributed by atoms with Gasteiger partial charge in [0.05, 0.1) is 11.1 Å². The first-order chi connectivity index (χ1) is 15.3. The number of imidazole rings is 1. The molecule has 3 aromatic heterocycles. The number of pyridine rings is 1. The van der Waals surface area contributed by atoms with Gasteiger partial charge >= 0.3 is 6.03 Å². The maximum Gasteiger partial charge on any atom is 0.315 e. The zero-order chi connectivity index (χ0) is 22.9. The van der Waals surface area contributed by atoms with Gasteiger partial charge < -0.3 is 15.2 Å². The predicted octanol–water partition coefficient (Wildman–Crippen LogP) is 3.84. The number of hydrogen-bond acceptors (Lipinski definition) is 5. The maximum atomic E-state index is 12.8. The molecule has 0 aliphatic heterocycles. The highest BCUT2D eigenvalue weighted by molar-refractivity contribution is 5.91. The van der Waals surface area contributed by atoms with E-state index in [1.165, 1.54) is 19.3 Å². The Hall–Kier alpha value is -2.71. The summed E-state index contributed by atoms with van der Waals surface area (Å²) in [6, 6.07) is 0.200. The highest BCUT2D eigenvalue weighted by Gasteiger charge is 2.27. The Kier molecular flexibility index (Phi) is 6.35. The monoisotopic (exact) mass is 440 g/mol. The Morgan fingerprint density at radius 2 is 1.94 bits per heavy atom. The minimum Gasteiger partial charge on any atom is -0.335 e. The van der Waals surface area contributed by atoms with Crippen LogP contribution < -0.4 is 10.6 Å². The molecule has 4 rings (SSSR count). The van der Waals surface area contributed by atoms with Crippen molar-refractivity contribution >= 4 is 22.7 Å². The molecule has 0 aromatic carbocycles. The minimum absolute atomic E-state index is 0.0848. The standard InChI is InChI=1S/C23H36N8O/c1-6-7-13-18-25-19-20(15(2)16(3)31-21(19)27-28-29-31)30(18)14-23(4,5)26-22(32)24-17-11-9-8-10-12-17/h17H,6-14H2,1-5H3,(H2,24,26,32). The van der Waals surface area contributed by atoms with Gasteiger partial charge in [-0.05, 0) is 62.9 Å². The largest absolute Gasteiger partial charge is 0.335 e. The SMILES string of the molecule is CCCCc1nc2c(c(C)c(C)n3nnnc23)n1CC(C)(C)NC(=O)NC1CCCCC1. The second-order valence-electron chi connectivity index (χ2n) is 9.86. The molecule has 0 radical (unpaired) electrons. The Labute approximate surface area is 189 Å². The number of aromatic nitrogens is 6. The van der Waals surface area contributed by atoms with Gasteiger partial charge in [-0.3, -0.25) is 0 Å². The zero-order valence-electron chi connectivity index (χ0n) is 20.0. The summed E-state index contributed by atoms with van der Waals surface area (Å²) in [6.07, 6.45) is 8.83. The number of carbonyl (C=O) groups excluding carboxylic acids is 1. The molecule has 9 nitrogen and oxygen atoms in total. The number of carbonyl (C=O) groups is 1. The van der Waals surface area contributed by atoms with Crippen molar-refractivity contribution in [1.82, 2.24) is 40.2 Å². The number of nitrogens with one attached hydrogen (secondary N) is 2. The molecule has 2 N–H and O–H groups in total. The van der Waals surface area contributed by atoms with E-state index < -0.39 is 5.54 Å². The summed E-state index contributed by atoms with van der Waals surface area (Å²) in [5.41, 5.74) is 4.22. The fourth-order valence-electron chi connectivity index (χ4n) is 4.83. The fraction of sp³-hybridized carbons (Fsp3) is 0.696. The third-order valence-corrected chi connectivity index (χ3v) is 6.64. The molecule has 2 amide bonds. The van der Waals surface area contributed by atoms with Gasteiger partial charge in [0.25, 0.3) is 0 Å². The van der Waals surface area contributed by atoms with Crippen molar-refractivity contribution in [2.45, 2.75) is 104 Å². The van der Waals surface area contributed by atoms with Crippen LogP contribution in [-0.4, -0.2) is 47.2 Å². The number of tetrazole rings is 1. The molecule has 9 heteroatoms. The lowest BCUT2D eigenvalue weighted by Gasteiger charge is -2.30. The zero-order valence-corrected chi connectivity index (χ0v) is 20.0. The van der Waals surface area contributed by atoms with Crippen LogP contribution in [0.3, 0.4) is 0 Å². The van der Waals surface area contributed by atoms with Crippen LogP contribution in [0.2, 0.25) is 0 Å². The molecule has 0 bridgehead atoms. The number of amides is 2. The van der Waals surface area contributed by atoms with Crippen LogP contribution >= 0.6 is 0 Å². The van der Waals surface area contributed by atoms with Crippen LogP contribution in [0.15, 0.2) is 0 Å². The molecule has 0 saturated heterocycles. The van der Waals surface area contributed by atoms with Crippen LogP contribution in [0, 0.1) is 13.8 Å². The summed E-state index contributed by atoms with van der Waals surface area (Å²) in [4.78, 5) is 17.7. The number of nitrogens with zero attached hydrogens (tertiary/aromatic N) is 6. The Morgan fingerprint density at radius 1 is 1.19 bits per heavy atom. The van der Waals surface area contributed by atoms with E-state index >= 15 is 0 Å². The van der Waals surface area contributed by atoms with E-state index in [1.807, 2.05) is 6.92 Å². The first kappa shape index (κ1) is 22.5. The van der Waals surface area contributed by atoms with Crippen molar-refractivity contribution in [1.29, 1.82) is 0 Å². The summed E-state index contributed by atoms with van der Waals surface area (Å²) in [5, 5.41) is 18.6. The number of urea groups is 1. The first-order valence-electron chi connectivity index (χ1n) is 12.0. The van der Waals surface area contributed by atoms with E-state index in [0.717, 1.165) is 60.2 Å². The van der Waals surface area contributed by atoms with Crippen molar-refractivity contribution in [2.24, 2.45) is 0 Å². The van der Waals surface area contributed by atoms with E-state index in [0.29, 0.717) is 12.2 Å². The fourth-order valence-corrected chi connectivity index (χ4v) is 4.83. The van der Waals surface area contributed by atoms with Gasteiger partial charge in [-0.25, -0.2) is 9.78 Å². The Bertz CT molecular complexity index is 1110. The smallest absolute Gasteiger partial charge is 0.315 e. The van der Waals surface area contributed by atoms with Crippen molar-refractivity contribution in [3.05, 3.63) is 17.1 Å². The predicted molar refractivity (Wildman–Crippen MR) is 125 cm³/mol. The molecular formula is C23H36N8O. The Morgan fingerprint density at radius 3 is 2.66 bits per heavy atom. The van der Waals surface area contributed by atoms with Gasteiger partial charge in [0.2, 0.25) is 5.65 Å². The third kappa shape index (κ3) is 4.42. The summed E-state index contributed by atoms with van der Waals surface area (Å²) < 4.78 is 4.03. The normalized spacial score (nSPS) is 15.5. The number of hydrogen-bond donors (Lipinski definition) is 2. The molecule has 174 valence electrons. The summed E-state index contributed by atoms with van der Waals surface area (Å²) >= 11 is 0. The van der Waals surface area contributed by atoms with Crippen molar-refractivity contribution in [3.63, 3.8) is 0 Å². The lowest BCUT2D eigenvalue weighted by atomic mass is 9.95. The van der Waals surface area contributed by atoms with E-state index in [-0.39, 0.29) is 12.1 Å². The molecule has 0 unspecified atom stereocenters. The van der Waals surface area contributed by atoms with E-state index in [4.69, 9.17) is 4.98 Å². The van der Waals surface area contributed by atoms with Crippen LogP contribution in [0.5, 0.6) is 0 Å². The van der Waals surface area contributed by atoms with E-state index in [9.17, 15) is 4.79 Å². The number of rotatable bonds is 7. The van der Waals surface area contributed by atoms with Crippen LogP contribution in [0.1, 0.15) is 82.8 Å². The lowest BCUT2D eigenvalue weighted by molar-refractivity contribution is 0.218. The molecular weight excluding hydrogens is 404 g/mol. The van der Waals surface area contributed by atoms with Crippen LogP contribution in [-0.2, 0) is 13.0 Å². The van der Waals surface area contributed by atoms with Gasteiger partial charge in [-0.15, -0.1) is 5.10 Å². The third-order valence-electron chi connectivity index (χ3n) is 6.64. The van der Waals surface area contributed by atoms with Gasteiger partial charge in [0.1, 0.15) is 11.3 Å². The lowest BCUT2D eigenvalue weighted by Crippen LogP contribution is -2.53. The van der Waals surface area contributed by atoms with E-state index in [1.54, 1.807) is 4.52 Å². The minimum atomic E-state index is -0.453. The molecule has 0 spiro atoms. The topological polar surface area (TPSA) is 102 Å². The maximum absolute atomic E-state index is 12.8. The molecule has 3 heterocycles. The van der Waals surface area contributed by atoms with Gasteiger partial charge in [0.15, 0.2) is 0 Å². The van der Waals surface area contributed by atoms with Crippen molar-refractivity contribution in [2.75, 3.05) is 0 Å². The second-order valence-corrected chi connectivity index (χ2v) is 9.86. The first-order valence-corrected chi connectivity index (χ1v) is 12.0. The van der Waals surface area contributed by atoms with Gasteiger partial charge in [-0.1, -0.05) is 32.6 Å². The summed E-state index contributed by atoms with van der Waals surface area (Å²) in [5.74, 6) is 1.02. The number of aryl methyl sites for hydroxylation is 3. The molecule has 1 fully saturated rings. The molecule has 32 heavy (non-hydrogen) atoms. The molecule has 1 aliphatic carbocycles. The Balaban J connectivity index is 1.65. The number of unbranched alkanes of at least 4 members (excludes halogenated alkanes) is 1. The van der Waals surface area contributed by atoms with Crippen molar-refractivity contribution < 1.29 is 4.79 Å². The van der Waals surface area contributed by atoms with Gasteiger partial charge in [0, 0.05) is 24.7 Å². The molecule has 0 atom stereocenters.